The molecule has 0 saturated carbocycles. The van der Waals surface area contributed by atoms with Gasteiger partial charge in [-0.2, -0.15) is 0 Å². The van der Waals surface area contributed by atoms with Crippen LogP contribution in [0.25, 0.3) is 0 Å². The summed E-state index contributed by atoms with van der Waals surface area (Å²) in [7, 11) is 1.65. The summed E-state index contributed by atoms with van der Waals surface area (Å²) in [5.41, 5.74) is 1.28. The molecule has 2 nitrogen and oxygen atoms in total. The molecule has 1 aromatic carbocycles. The second-order valence-corrected chi connectivity index (χ2v) is 4.23. The first-order valence-corrected chi connectivity index (χ1v) is 6.19. The van der Waals surface area contributed by atoms with Gasteiger partial charge >= 0.3 is 0 Å². The lowest BCUT2D eigenvalue weighted by atomic mass is 10.1. The van der Waals surface area contributed by atoms with Crippen LogP contribution in [0.1, 0.15) is 25.3 Å². The molecule has 1 rings (SSSR count). The molecule has 0 heterocycles. The van der Waals surface area contributed by atoms with Crippen molar-refractivity contribution < 1.29 is 4.74 Å². The maximum absolute atomic E-state index is 5.96. The van der Waals surface area contributed by atoms with Crippen LogP contribution in [0.3, 0.4) is 0 Å². The van der Waals surface area contributed by atoms with Crippen molar-refractivity contribution in [3.63, 3.8) is 0 Å². The van der Waals surface area contributed by atoms with Crippen LogP contribution in [0.15, 0.2) is 18.2 Å². The summed E-state index contributed by atoms with van der Waals surface area (Å²) in [6, 6.07) is 5.97. The van der Waals surface area contributed by atoms with Crippen molar-refractivity contribution in [3.05, 3.63) is 28.8 Å². The average Bonchev–Trinajstić information content (AvgIpc) is 2.31. The summed E-state index contributed by atoms with van der Waals surface area (Å²) in [5, 5.41) is 4.06. The van der Waals surface area contributed by atoms with Gasteiger partial charge in [-0.25, -0.2) is 0 Å². The van der Waals surface area contributed by atoms with Crippen LogP contribution in [0.4, 0.5) is 0 Å². The van der Waals surface area contributed by atoms with E-state index in [4.69, 9.17) is 16.3 Å². The Morgan fingerprint density at radius 3 is 2.81 bits per heavy atom. The second-order valence-electron chi connectivity index (χ2n) is 3.82. The maximum atomic E-state index is 5.96. The topological polar surface area (TPSA) is 21.3 Å². The predicted molar refractivity (Wildman–Crippen MR) is 69.5 cm³/mol. The fourth-order valence-corrected chi connectivity index (χ4v) is 1.77. The lowest BCUT2D eigenvalue weighted by Gasteiger charge is -2.07. The zero-order valence-corrected chi connectivity index (χ0v) is 10.8. The lowest BCUT2D eigenvalue weighted by molar-refractivity contribution is 0.414. The van der Waals surface area contributed by atoms with Crippen LogP contribution in [0.2, 0.25) is 5.02 Å². The molecule has 0 fully saturated rings. The second kappa shape index (κ2) is 7.53. The van der Waals surface area contributed by atoms with Gasteiger partial charge in [0.2, 0.25) is 0 Å². The first-order chi connectivity index (χ1) is 7.77. The molecule has 0 atom stereocenters. The van der Waals surface area contributed by atoms with Gasteiger partial charge in [0.25, 0.3) is 0 Å². The van der Waals surface area contributed by atoms with Crippen LogP contribution in [0, 0.1) is 0 Å². The van der Waals surface area contributed by atoms with Gasteiger partial charge in [0.15, 0.2) is 0 Å². The van der Waals surface area contributed by atoms with Gasteiger partial charge in [0.05, 0.1) is 12.1 Å². The van der Waals surface area contributed by atoms with Gasteiger partial charge in [0.1, 0.15) is 5.75 Å². The quantitative estimate of drug-likeness (QED) is 0.740. The molecule has 0 amide bonds. The fourth-order valence-electron chi connectivity index (χ4n) is 1.58. The zero-order chi connectivity index (χ0) is 11.8. The standard InChI is InChI=1S/C13H20ClNO/c1-3-8-15-9-4-5-11-6-7-12(14)13(10-11)16-2/h6-7,10,15H,3-5,8-9H2,1-2H3. The highest BCUT2D eigenvalue weighted by Gasteiger charge is 2.01. The third-order valence-electron chi connectivity index (χ3n) is 2.46. The van der Waals surface area contributed by atoms with E-state index < -0.39 is 0 Å². The van der Waals surface area contributed by atoms with Gasteiger partial charge in [0, 0.05) is 0 Å². The van der Waals surface area contributed by atoms with Crippen molar-refractivity contribution in [3.8, 4) is 5.75 Å². The smallest absolute Gasteiger partial charge is 0.137 e. The van der Waals surface area contributed by atoms with Gasteiger partial charge in [-0.1, -0.05) is 24.6 Å². The van der Waals surface area contributed by atoms with Crippen LogP contribution < -0.4 is 10.1 Å². The number of nitrogens with one attached hydrogen (secondary N) is 1. The van der Waals surface area contributed by atoms with Crippen LogP contribution in [-0.2, 0) is 6.42 Å². The van der Waals surface area contributed by atoms with E-state index in [-0.39, 0.29) is 0 Å². The third-order valence-corrected chi connectivity index (χ3v) is 2.77. The van der Waals surface area contributed by atoms with Gasteiger partial charge < -0.3 is 10.1 Å². The molecular weight excluding hydrogens is 222 g/mol. The van der Waals surface area contributed by atoms with E-state index in [2.05, 4.69) is 18.3 Å². The molecule has 0 aliphatic heterocycles. The largest absolute Gasteiger partial charge is 0.495 e. The summed E-state index contributed by atoms with van der Waals surface area (Å²) in [5.74, 6) is 0.765. The summed E-state index contributed by atoms with van der Waals surface area (Å²) in [6.07, 6.45) is 3.39. The fraction of sp³-hybridized carbons (Fsp3) is 0.538. The molecule has 0 unspecified atom stereocenters. The summed E-state index contributed by atoms with van der Waals surface area (Å²) in [6.45, 7) is 4.35. The molecule has 0 aromatic heterocycles. The highest BCUT2D eigenvalue weighted by Crippen LogP contribution is 2.25. The molecule has 0 spiro atoms. The predicted octanol–water partition coefficient (Wildman–Crippen LogP) is 3.28. The summed E-state index contributed by atoms with van der Waals surface area (Å²) >= 11 is 5.96. The van der Waals surface area contributed by atoms with Crippen molar-refractivity contribution in [2.75, 3.05) is 20.2 Å². The van der Waals surface area contributed by atoms with Gasteiger partial charge in [-0.15, -0.1) is 0 Å². The first kappa shape index (κ1) is 13.3. The highest BCUT2D eigenvalue weighted by atomic mass is 35.5. The minimum Gasteiger partial charge on any atom is -0.495 e. The van der Waals surface area contributed by atoms with Crippen molar-refractivity contribution in [1.29, 1.82) is 0 Å². The first-order valence-electron chi connectivity index (χ1n) is 5.81. The van der Waals surface area contributed by atoms with E-state index in [9.17, 15) is 0 Å². The Kier molecular flexibility index (Phi) is 6.27. The number of benzene rings is 1. The summed E-state index contributed by atoms with van der Waals surface area (Å²) < 4.78 is 5.18. The Labute approximate surface area is 103 Å². The lowest BCUT2D eigenvalue weighted by Crippen LogP contribution is -2.16. The molecule has 0 radical (unpaired) electrons. The van der Waals surface area contributed by atoms with Crippen molar-refractivity contribution in [1.82, 2.24) is 5.32 Å². The average molecular weight is 242 g/mol. The van der Waals surface area contributed by atoms with E-state index in [0.717, 1.165) is 31.7 Å². The number of hydrogen-bond donors (Lipinski definition) is 1. The van der Waals surface area contributed by atoms with Crippen LogP contribution in [0.5, 0.6) is 5.75 Å². The number of halogens is 1. The minimum absolute atomic E-state index is 0.676. The molecule has 3 heteroatoms. The van der Waals surface area contributed by atoms with E-state index in [1.807, 2.05) is 12.1 Å². The zero-order valence-electron chi connectivity index (χ0n) is 10.1. The third kappa shape index (κ3) is 4.42. The Hall–Kier alpha value is -0.730. The molecule has 1 N–H and O–H groups in total. The number of aryl methyl sites for hydroxylation is 1. The molecule has 0 aliphatic rings. The van der Waals surface area contributed by atoms with Crippen molar-refractivity contribution >= 4 is 11.6 Å². The van der Waals surface area contributed by atoms with E-state index in [1.165, 1.54) is 12.0 Å². The maximum Gasteiger partial charge on any atom is 0.137 e. The molecular formula is C13H20ClNO. The number of hydrogen-bond acceptors (Lipinski definition) is 2. The Balaban J connectivity index is 2.36. The molecule has 0 aliphatic carbocycles. The Morgan fingerprint density at radius 2 is 2.12 bits per heavy atom. The number of rotatable bonds is 7. The normalized spacial score (nSPS) is 10.4. The molecule has 0 saturated heterocycles. The van der Waals surface area contributed by atoms with E-state index >= 15 is 0 Å². The Bertz CT molecular complexity index is 315. The van der Waals surface area contributed by atoms with Crippen LogP contribution in [-0.4, -0.2) is 20.2 Å². The monoisotopic (exact) mass is 241 g/mol. The molecule has 16 heavy (non-hydrogen) atoms. The van der Waals surface area contributed by atoms with E-state index in [0.29, 0.717) is 5.02 Å². The molecule has 0 bridgehead atoms. The van der Waals surface area contributed by atoms with Crippen molar-refractivity contribution in [2.24, 2.45) is 0 Å². The summed E-state index contributed by atoms with van der Waals surface area (Å²) in [4.78, 5) is 0. The SMILES string of the molecule is CCCNCCCc1ccc(Cl)c(OC)c1. The van der Waals surface area contributed by atoms with Gasteiger partial charge in [-0.05, 0) is 50.0 Å². The molecule has 1 aromatic rings. The van der Waals surface area contributed by atoms with Crippen molar-refractivity contribution in [2.45, 2.75) is 26.2 Å². The Morgan fingerprint density at radius 1 is 1.31 bits per heavy atom. The van der Waals surface area contributed by atoms with Crippen LogP contribution >= 0.6 is 11.6 Å². The number of methoxy groups -OCH3 is 1. The highest BCUT2D eigenvalue weighted by molar-refractivity contribution is 6.32. The molecule has 90 valence electrons. The minimum atomic E-state index is 0.676. The van der Waals surface area contributed by atoms with E-state index in [1.54, 1.807) is 7.11 Å². The number of ether oxygens (including phenoxy) is 1. The van der Waals surface area contributed by atoms with Gasteiger partial charge in [-0.3, -0.25) is 0 Å².